The largest absolute Gasteiger partial charge is 0.444 e. The zero-order valence-corrected chi connectivity index (χ0v) is 21.6. The molecule has 0 aromatic heterocycles. The van der Waals surface area contributed by atoms with Crippen LogP contribution in [0.3, 0.4) is 0 Å². The van der Waals surface area contributed by atoms with E-state index in [-0.39, 0.29) is 18.0 Å². The number of amides is 2. The van der Waals surface area contributed by atoms with Gasteiger partial charge in [0, 0.05) is 0 Å². The number of rotatable bonds is 6. The summed E-state index contributed by atoms with van der Waals surface area (Å²) in [5.41, 5.74) is 1.10. The maximum Gasteiger partial charge on any atom is 0.444 e. The quantitative estimate of drug-likeness (QED) is 0.397. The van der Waals surface area contributed by atoms with Crippen LogP contribution in [0.1, 0.15) is 37.5 Å². The Morgan fingerprint density at radius 1 is 0.778 bits per heavy atom. The summed E-state index contributed by atoms with van der Waals surface area (Å²) >= 11 is 0. The highest BCUT2D eigenvalue weighted by molar-refractivity contribution is 7.89. The van der Waals surface area contributed by atoms with Crippen molar-refractivity contribution in [1.82, 2.24) is 9.42 Å². The SMILES string of the molecule is Cc1ccc(S(=O)(=O)N(C(=O)OC(C)(C)C)N(Cc2ccccc2)C(=O)OCc2ccccc2)cc1. The molecule has 0 atom stereocenters. The highest BCUT2D eigenvalue weighted by atomic mass is 32.2. The van der Waals surface area contributed by atoms with E-state index in [9.17, 15) is 18.0 Å². The molecule has 3 aromatic carbocycles. The van der Waals surface area contributed by atoms with E-state index in [1.54, 1.807) is 87.5 Å². The van der Waals surface area contributed by atoms with Gasteiger partial charge in [0.25, 0.3) is 10.0 Å². The summed E-state index contributed by atoms with van der Waals surface area (Å²) in [5, 5.41) is 0.752. The lowest BCUT2D eigenvalue weighted by Gasteiger charge is -2.34. The highest BCUT2D eigenvalue weighted by Crippen LogP contribution is 2.24. The van der Waals surface area contributed by atoms with Gasteiger partial charge in [0.1, 0.15) is 12.2 Å². The Labute approximate surface area is 212 Å². The minimum Gasteiger partial charge on any atom is -0.443 e. The van der Waals surface area contributed by atoms with Crippen LogP contribution < -0.4 is 0 Å². The van der Waals surface area contributed by atoms with E-state index in [0.717, 1.165) is 10.6 Å². The third kappa shape index (κ3) is 7.08. The molecule has 0 aliphatic heterocycles. The van der Waals surface area contributed by atoms with Crippen LogP contribution in [0.5, 0.6) is 0 Å². The van der Waals surface area contributed by atoms with Crippen molar-refractivity contribution in [3.8, 4) is 0 Å². The zero-order chi connectivity index (χ0) is 26.3. The first-order chi connectivity index (χ1) is 17.0. The van der Waals surface area contributed by atoms with Crippen molar-refractivity contribution >= 4 is 22.2 Å². The topological polar surface area (TPSA) is 93.2 Å². The molecule has 3 aromatic rings. The first-order valence-corrected chi connectivity index (χ1v) is 12.8. The molecule has 0 bridgehead atoms. The van der Waals surface area contributed by atoms with Crippen molar-refractivity contribution in [2.45, 2.75) is 51.3 Å². The highest BCUT2D eigenvalue weighted by Gasteiger charge is 2.41. The first-order valence-electron chi connectivity index (χ1n) is 11.3. The van der Waals surface area contributed by atoms with Gasteiger partial charge in [-0.2, -0.15) is 13.4 Å². The number of hydrazine groups is 1. The Morgan fingerprint density at radius 3 is 1.83 bits per heavy atom. The lowest BCUT2D eigenvalue weighted by Crippen LogP contribution is -2.53. The van der Waals surface area contributed by atoms with Gasteiger partial charge in [-0.1, -0.05) is 82.8 Å². The smallest absolute Gasteiger partial charge is 0.443 e. The molecule has 9 heteroatoms. The van der Waals surface area contributed by atoms with Crippen LogP contribution in [0.25, 0.3) is 0 Å². The molecule has 0 N–H and O–H groups in total. The molecule has 0 fully saturated rings. The summed E-state index contributed by atoms with van der Waals surface area (Å²) in [5.74, 6) is 0. The zero-order valence-electron chi connectivity index (χ0n) is 20.7. The Balaban J connectivity index is 2.06. The molecule has 0 saturated carbocycles. The fourth-order valence-corrected chi connectivity index (χ4v) is 4.49. The number of hydrogen-bond donors (Lipinski definition) is 0. The molecule has 190 valence electrons. The van der Waals surface area contributed by atoms with Crippen LogP contribution in [0.4, 0.5) is 9.59 Å². The fraction of sp³-hybridized carbons (Fsp3) is 0.259. The molecule has 0 radical (unpaired) electrons. The van der Waals surface area contributed by atoms with Gasteiger partial charge >= 0.3 is 12.2 Å². The maximum absolute atomic E-state index is 13.8. The standard InChI is InChI=1S/C27H30N2O6S/c1-21-15-17-24(18-16-21)36(32,33)29(26(31)35-27(2,3)4)28(19-22-11-7-5-8-12-22)25(30)34-20-23-13-9-6-10-14-23/h5-18H,19-20H2,1-4H3. The van der Waals surface area contributed by atoms with Crippen molar-refractivity contribution in [3.05, 3.63) is 102 Å². The Bertz CT molecular complexity index is 1270. The summed E-state index contributed by atoms with van der Waals surface area (Å²) < 4.78 is 38.7. The second kappa shape index (κ2) is 11.3. The number of aryl methyl sites for hydroxylation is 1. The average molecular weight is 511 g/mol. The minimum absolute atomic E-state index is 0.113. The van der Waals surface area contributed by atoms with Crippen LogP contribution in [0, 0.1) is 6.92 Å². The van der Waals surface area contributed by atoms with E-state index in [4.69, 9.17) is 9.47 Å². The molecule has 3 rings (SSSR count). The molecule has 0 aliphatic carbocycles. The average Bonchev–Trinajstić information content (AvgIpc) is 2.82. The maximum atomic E-state index is 13.8. The molecule has 8 nitrogen and oxygen atoms in total. The van der Waals surface area contributed by atoms with Crippen molar-refractivity contribution in [1.29, 1.82) is 0 Å². The Hall–Kier alpha value is -3.85. The van der Waals surface area contributed by atoms with Gasteiger partial charge in [-0.05, 0) is 51.0 Å². The number of nitrogens with zero attached hydrogens (tertiary/aromatic N) is 2. The lowest BCUT2D eigenvalue weighted by atomic mass is 10.2. The van der Waals surface area contributed by atoms with E-state index in [1.807, 2.05) is 13.0 Å². The van der Waals surface area contributed by atoms with Crippen molar-refractivity contribution in [3.63, 3.8) is 0 Å². The van der Waals surface area contributed by atoms with Crippen LogP contribution in [0.2, 0.25) is 0 Å². The van der Waals surface area contributed by atoms with Gasteiger partial charge in [0.2, 0.25) is 0 Å². The number of benzene rings is 3. The van der Waals surface area contributed by atoms with Gasteiger partial charge in [0.05, 0.1) is 11.4 Å². The second-order valence-electron chi connectivity index (χ2n) is 9.12. The fourth-order valence-electron chi connectivity index (χ4n) is 3.19. The van der Waals surface area contributed by atoms with Gasteiger partial charge in [0.15, 0.2) is 0 Å². The van der Waals surface area contributed by atoms with Crippen LogP contribution in [-0.4, -0.2) is 35.6 Å². The molecule has 0 saturated heterocycles. The molecule has 0 unspecified atom stereocenters. The van der Waals surface area contributed by atoms with E-state index < -0.39 is 27.8 Å². The second-order valence-corrected chi connectivity index (χ2v) is 10.9. The van der Waals surface area contributed by atoms with Crippen molar-refractivity contribution in [2.75, 3.05) is 0 Å². The van der Waals surface area contributed by atoms with E-state index >= 15 is 0 Å². The summed E-state index contributed by atoms with van der Waals surface area (Å²) in [4.78, 5) is 26.5. The number of carbonyl (C=O) groups is 2. The predicted octanol–water partition coefficient (Wildman–Crippen LogP) is 5.67. The number of hydrogen-bond acceptors (Lipinski definition) is 6. The molecule has 36 heavy (non-hydrogen) atoms. The summed E-state index contributed by atoms with van der Waals surface area (Å²) in [7, 11) is -4.55. The predicted molar refractivity (Wildman–Crippen MR) is 135 cm³/mol. The molecule has 0 aliphatic rings. The third-order valence-corrected chi connectivity index (χ3v) is 6.58. The lowest BCUT2D eigenvalue weighted by molar-refractivity contribution is -0.0146. The minimum atomic E-state index is -4.55. The van der Waals surface area contributed by atoms with Gasteiger partial charge in [-0.3, -0.25) is 0 Å². The third-order valence-electron chi connectivity index (χ3n) is 4.91. The van der Waals surface area contributed by atoms with Crippen molar-refractivity contribution in [2.24, 2.45) is 0 Å². The van der Waals surface area contributed by atoms with E-state index in [0.29, 0.717) is 15.5 Å². The number of ether oxygens (including phenoxy) is 2. The monoisotopic (exact) mass is 510 g/mol. The van der Waals surface area contributed by atoms with Crippen LogP contribution in [-0.2, 0) is 32.6 Å². The number of sulfonamides is 1. The number of carbonyl (C=O) groups excluding carboxylic acids is 2. The molecular formula is C27H30N2O6S. The molecular weight excluding hydrogens is 480 g/mol. The van der Waals surface area contributed by atoms with Gasteiger partial charge in [-0.25, -0.2) is 9.59 Å². The summed E-state index contributed by atoms with van der Waals surface area (Å²) in [6.45, 7) is 6.27. The van der Waals surface area contributed by atoms with Crippen LogP contribution in [0.15, 0.2) is 89.8 Å². The summed E-state index contributed by atoms with van der Waals surface area (Å²) in [6.07, 6.45) is -2.25. The van der Waals surface area contributed by atoms with Crippen LogP contribution >= 0.6 is 0 Å². The van der Waals surface area contributed by atoms with Crippen molar-refractivity contribution < 1.29 is 27.5 Å². The molecule has 2 amide bonds. The Kier molecular flexibility index (Phi) is 8.37. The van der Waals surface area contributed by atoms with E-state index in [2.05, 4.69) is 0 Å². The summed E-state index contributed by atoms with van der Waals surface area (Å²) in [6, 6.07) is 23.6. The van der Waals surface area contributed by atoms with Gasteiger partial charge in [-0.15, -0.1) is 0 Å². The van der Waals surface area contributed by atoms with Gasteiger partial charge < -0.3 is 9.47 Å². The van der Waals surface area contributed by atoms with E-state index in [1.165, 1.54) is 12.1 Å². The normalized spacial score (nSPS) is 11.4. The molecule has 0 heterocycles. The first kappa shape index (κ1) is 26.7. The molecule has 0 spiro atoms. The Morgan fingerprint density at radius 2 is 1.31 bits per heavy atom.